The average Bonchev–Trinajstić information content (AvgIpc) is 2.36. The van der Waals surface area contributed by atoms with Gasteiger partial charge < -0.3 is 40.1 Å². The molecule has 0 spiro atoms. The third kappa shape index (κ3) is 24.7. The van der Waals surface area contributed by atoms with E-state index in [4.69, 9.17) is 0 Å². The molecule has 0 saturated heterocycles. The standard InChI is InChI=1S/C10H20N2O8.4Na/c13-9(14)7-12(8-10(15)16)2-1-11(3-5-19-17)4-6-20-18;;;;/h17-18H,1-8H2,(H,13,14)(H,15,16);;;;/q;4*+1/p-4. The second kappa shape index (κ2) is 25.7. The molecule has 0 aliphatic carbocycles. The van der Waals surface area contributed by atoms with Crippen LogP contribution in [0.1, 0.15) is 0 Å². The molecule has 0 amide bonds. The summed E-state index contributed by atoms with van der Waals surface area (Å²) in [5.74, 6) is -2.83. The Morgan fingerprint density at radius 3 is 1.29 bits per heavy atom. The Hall–Kier alpha value is 2.70. The van der Waals surface area contributed by atoms with E-state index in [-0.39, 0.29) is 158 Å². The van der Waals surface area contributed by atoms with Crippen molar-refractivity contribution in [1.82, 2.24) is 9.80 Å². The van der Waals surface area contributed by atoms with Gasteiger partial charge in [0.1, 0.15) is 0 Å². The first-order chi connectivity index (χ1) is 9.49. The van der Waals surface area contributed by atoms with Crippen molar-refractivity contribution in [3.8, 4) is 0 Å². The van der Waals surface area contributed by atoms with Crippen LogP contribution in [0.25, 0.3) is 0 Å². The Bertz CT molecular complexity index is 280. The first-order valence-electron chi connectivity index (χ1n) is 5.83. The summed E-state index contributed by atoms with van der Waals surface area (Å²) in [7, 11) is 0. The van der Waals surface area contributed by atoms with E-state index in [1.165, 1.54) is 0 Å². The summed E-state index contributed by atoms with van der Waals surface area (Å²) in [6.45, 7) is -0.642. The summed E-state index contributed by atoms with van der Waals surface area (Å²) in [4.78, 5) is 31.0. The van der Waals surface area contributed by atoms with E-state index in [0.29, 0.717) is 0 Å². The van der Waals surface area contributed by atoms with Crippen molar-refractivity contribution in [3.63, 3.8) is 0 Å². The van der Waals surface area contributed by atoms with Crippen molar-refractivity contribution >= 4 is 11.9 Å². The van der Waals surface area contributed by atoms with Gasteiger partial charge in [0.2, 0.25) is 0 Å². The average molecular weight is 384 g/mol. The van der Waals surface area contributed by atoms with Gasteiger partial charge in [0, 0.05) is 52.5 Å². The molecule has 0 bridgehead atoms. The summed E-state index contributed by atoms with van der Waals surface area (Å²) in [6.07, 6.45) is 0. The molecule has 0 aromatic carbocycles. The minimum Gasteiger partial charge on any atom is -0.723 e. The molecule has 0 aromatic rings. The minimum atomic E-state index is -1.41. The molecule has 0 fully saturated rings. The number of rotatable bonds is 13. The van der Waals surface area contributed by atoms with Gasteiger partial charge in [-0.05, 0) is 0 Å². The number of aliphatic carboxylic acids is 2. The third-order valence-corrected chi connectivity index (χ3v) is 2.42. The monoisotopic (exact) mass is 384 g/mol. The Morgan fingerprint density at radius 2 is 1.00 bits per heavy atom. The molecular weight excluding hydrogens is 368 g/mol. The van der Waals surface area contributed by atoms with E-state index in [1.54, 1.807) is 4.90 Å². The maximum absolute atomic E-state index is 10.5. The molecule has 0 rings (SSSR count). The van der Waals surface area contributed by atoms with Crippen molar-refractivity contribution in [2.24, 2.45) is 0 Å². The first-order valence-corrected chi connectivity index (χ1v) is 5.83. The number of hydrogen-bond acceptors (Lipinski definition) is 10. The zero-order chi connectivity index (χ0) is 15.4. The predicted octanol–water partition coefficient (Wildman–Crippen LogP) is -18.3. The summed E-state index contributed by atoms with van der Waals surface area (Å²) in [5, 5.41) is 40.8. The number of hydrogen-bond donors (Lipinski definition) is 0. The van der Waals surface area contributed by atoms with Gasteiger partial charge in [-0.25, -0.2) is 0 Å². The van der Waals surface area contributed by atoms with Gasteiger partial charge in [-0.15, -0.1) is 0 Å². The molecule has 0 radical (unpaired) electrons. The number of carbonyl (C=O) groups excluding carboxylic acids is 2. The number of nitrogens with zero attached hydrogens (tertiary/aromatic N) is 2. The molecule has 0 unspecified atom stereocenters. The Kier molecular flexibility index (Phi) is 40.1. The molecule has 118 valence electrons. The Balaban J connectivity index is -0.000000301. The van der Waals surface area contributed by atoms with Gasteiger partial charge in [-0.2, -0.15) is 0 Å². The Morgan fingerprint density at radius 1 is 0.667 bits per heavy atom. The molecule has 0 aromatic heterocycles. The predicted molar refractivity (Wildman–Crippen MR) is 54.8 cm³/mol. The quantitative estimate of drug-likeness (QED) is 0.170. The Labute approximate surface area is 229 Å². The largest absolute Gasteiger partial charge is 1.00 e. The van der Waals surface area contributed by atoms with Gasteiger partial charge in [0.15, 0.2) is 0 Å². The van der Waals surface area contributed by atoms with Crippen LogP contribution in [-0.4, -0.2) is 74.2 Å². The summed E-state index contributed by atoms with van der Waals surface area (Å²) < 4.78 is 0. The van der Waals surface area contributed by atoms with Crippen molar-refractivity contribution in [1.29, 1.82) is 0 Å². The third-order valence-electron chi connectivity index (χ3n) is 2.42. The van der Waals surface area contributed by atoms with E-state index in [0.717, 1.165) is 4.90 Å². The molecular formula is C10H16N2Na4O8. The second-order valence-corrected chi connectivity index (χ2v) is 3.94. The normalized spacial score (nSPS) is 9.33. The summed E-state index contributed by atoms with van der Waals surface area (Å²) in [5.41, 5.74) is 0. The molecule has 0 saturated carbocycles. The van der Waals surface area contributed by atoms with Crippen LogP contribution in [-0.2, 0) is 19.4 Å². The maximum atomic E-state index is 10.5. The van der Waals surface area contributed by atoms with Crippen LogP contribution in [0.3, 0.4) is 0 Å². The van der Waals surface area contributed by atoms with Crippen molar-refractivity contribution in [2.45, 2.75) is 0 Å². The van der Waals surface area contributed by atoms with E-state index in [1.807, 2.05) is 0 Å². The minimum absolute atomic E-state index is 0. The smallest absolute Gasteiger partial charge is 0.723 e. The van der Waals surface area contributed by atoms with E-state index < -0.39 is 25.0 Å². The fraction of sp³-hybridized carbons (Fsp3) is 0.800. The topological polar surface area (TPSA) is 151 Å². The molecule has 0 aliphatic heterocycles. The van der Waals surface area contributed by atoms with Crippen LogP contribution in [0.15, 0.2) is 0 Å². The molecule has 10 nitrogen and oxygen atoms in total. The number of carbonyl (C=O) groups is 2. The van der Waals surface area contributed by atoms with E-state index >= 15 is 0 Å². The van der Waals surface area contributed by atoms with Gasteiger partial charge in [-0.3, -0.25) is 9.80 Å². The van der Waals surface area contributed by atoms with E-state index in [9.17, 15) is 30.3 Å². The fourth-order valence-electron chi connectivity index (χ4n) is 1.53. The van der Waals surface area contributed by atoms with Gasteiger partial charge in [0.25, 0.3) is 0 Å². The van der Waals surface area contributed by atoms with Crippen LogP contribution < -0.4 is 139 Å². The van der Waals surface area contributed by atoms with Gasteiger partial charge in [0.05, 0.1) is 11.9 Å². The molecule has 24 heavy (non-hydrogen) atoms. The van der Waals surface area contributed by atoms with Crippen LogP contribution >= 0.6 is 0 Å². The van der Waals surface area contributed by atoms with Crippen molar-refractivity contribution in [2.75, 3.05) is 52.5 Å². The van der Waals surface area contributed by atoms with Crippen LogP contribution in [0.4, 0.5) is 0 Å². The molecule has 0 atom stereocenters. The number of carboxylic acids is 2. The SMILES string of the molecule is O=C([O-])CN(CCN(CCO[O-])CCO[O-])CC(=O)[O-].[Na+].[Na+].[Na+].[Na+]. The fourth-order valence-corrected chi connectivity index (χ4v) is 1.53. The molecule has 0 heterocycles. The van der Waals surface area contributed by atoms with Gasteiger partial charge in [-0.1, -0.05) is 0 Å². The second-order valence-electron chi connectivity index (χ2n) is 3.94. The molecule has 0 aliphatic rings. The van der Waals surface area contributed by atoms with Gasteiger partial charge >= 0.3 is 118 Å². The van der Waals surface area contributed by atoms with Crippen molar-refractivity contribution in [3.05, 3.63) is 0 Å². The van der Waals surface area contributed by atoms with Crippen LogP contribution in [0, 0.1) is 0 Å². The molecule has 0 N–H and O–H groups in total. The summed E-state index contributed by atoms with van der Waals surface area (Å²) >= 11 is 0. The van der Waals surface area contributed by atoms with Crippen LogP contribution in [0.5, 0.6) is 0 Å². The van der Waals surface area contributed by atoms with Crippen LogP contribution in [0.2, 0.25) is 0 Å². The van der Waals surface area contributed by atoms with E-state index in [2.05, 4.69) is 9.78 Å². The zero-order valence-corrected chi connectivity index (χ0v) is 22.8. The molecule has 14 heteroatoms. The summed E-state index contributed by atoms with van der Waals surface area (Å²) in [6, 6.07) is 0. The first kappa shape index (κ1) is 37.5. The number of carboxylic acid groups (broad SMARTS) is 2. The van der Waals surface area contributed by atoms with Crippen molar-refractivity contribution < 1.29 is 158 Å². The maximum Gasteiger partial charge on any atom is 1.00 e. The zero-order valence-electron chi connectivity index (χ0n) is 14.8.